The van der Waals surface area contributed by atoms with Crippen LogP contribution in [0.1, 0.15) is 18.1 Å². The molecule has 1 unspecified atom stereocenters. The summed E-state index contributed by atoms with van der Waals surface area (Å²) in [6.07, 6.45) is 2.88. The minimum absolute atomic E-state index is 0.0479. The van der Waals surface area contributed by atoms with Gasteiger partial charge in [-0.3, -0.25) is 4.98 Å². The summed E-state index contributed by atoms with van der Waals surface area (Å²) in [5, 5.41) is 14.0. The van der Waals surface area contributed by atoms with Crippen molar-refractivity contribution in [2.45, 2.75) is 12.5 Å². The summed E-state index contributed by atoms with van der Waals surface area (Å²) in [7, 11) is 0. The molecule has 1 fully saturated rings. The summed E-state index contributed by atoms with van der Waals surface area (Å²) in [6.45, 7) is 2.58. The zero-order valence-corrected chi connectivity index (χ0v) is 10.1. The molecule has 0 aliphatic carbocycles. The van der Waals surface area contributed by atoms with E-state index in [1.165, 1.54) is 0 Å². The topological polar surface area (TPSA) is 54.4 Å². The maximum Gasteiger partial charge on any atom is 0.141 e. The second-order valence-corrected chi connectivity index (χ2v) is 4.53. The third-order valence-electron chi connectivity index (χ3n) is 3.23. The highest BCUT2D eigenvalue weighted by molar-refractivity contribution is 5.84. The molecule has 0 bridgehead atoms. The summed E-state index contributed by atoms with van der Waals surface area (Å²) in [5.74, 6) is 0.221. The maximum absolute atomic E-state index is 9.71. The lowest BCUT2D eigenvalue weighted by Crippen LogP contribution is -2.20. The molecule has 0 saturated carbocycles. The van der Waals surface area contributed by atoms with Gasteiger partial charge >= 0.3 is 0 Å². The predicted molar refractivity (Wildman–Crippen MR) is 69.6 cm³/mol. The number of para-hydroxylation sites is 1. The van der Waals surface area contributed by atoms with Crippen LogP contribution in [0.4, 0.5) is 0 Å². The van der Waals surface area contributed by atoms with Gasteiger partial charge in [0.2, 0.25) is 0 Å². The number of nitrogens with zero attached hydrogens (tertiary/aromatic N) is 1. The van der Waals surface area contributed by atoms with E-state index in [-0.39, 0.29) is 11.9 Å². The number of benzene rings is 1. The number of fused-ring (bicyclic) bond motifs is 1. The molecule has 2 heterocycles. The van der Waals surface area contributed by atoms with E-state index in [0.717, 1.165) is 37.1 Å². The fourth-order valence-corrected chi connectivity index (χ4v) is 2.27. The summed E-state index contributed by atoms with van der Waals surface area (Å²) in [6, 6.07) is 7.48. The van der Waals surface area contributed by atoms with E-state index in [0.29, 0.717) is 5.52 Å². The van der Waals surface area contributed by atoms with Gasteiger partial charge < -0.3 is 15.2 Å². The second kappa shape index (κ2) is 4.92. The van der Waals surface area contributed by atoms with Crippen LogP contribution >= 0.6 is 0 Å². The van der Waals surface area contributed by atoms with E-state index < -0.39 is 0 Å². The average Bonchev–Trinajstić information content (AvgIpc) is 2.67. The zero-order valence-electron chi connectivity index (χ0n) is 10.1. The fraction of sp³-hybridized carbons (Fsp3) is 0.357. The van der Waals surface area contributed by atoms with Gasteiger partial charge in [0.15, 0.2) is 0 Å². The molecule has 4 heteroatoms. The quantitative estimate of drug-likeness (QED) is 0.805. The summed E-state index contributed by atoms with van der Waals surface area (Å²) in [5.41, 5.74) is 1.70. The van der Waals surface area contributed by atoms with Gasteiger partial charge in [-0.2, -0.15) is 0 Å². The first kappa shape index (κ1) is 11.4. The van der Waals surface area contributed by atoms with Crippen LogP contribution in [0.25, 0.3) is 10.9 Å². The number of ether oxygens (including phenoxy) is 1. The van der Waals surface area contributed by atoms with Crippen molar-refractivity contribution in [3.63, 3.8) is 0 Å². The summed E-state index contributed by atoms with van der Waals surface area (Å²) in [4.78, 5) is 4.33. The lowest BCUT2D eigenvalue weighted by molar-refractivity contribution is 0.0668. The Morgan fingerprint density at radius 1 is 1.39 bits per heavy atom. The molecule has 94 valence electrons. The smallest absolute Gasteiger partial charge is 0.141 e. The molecule has 0 spiro atoms. The Balaban J connectivity index is 1.97. The highest BCUT2D eigenvalue weighted by atomic mass is 16.5. The number of phenolic OH excluding ortho intramolecular Hbond substituents is 1. The molecule has 1 atom stereocenters. The van der Waals surface area contributed by atoms with Crippen molar-refractivity contribution in [3.8, 4) is 5.75 Å². The lowest BCUT2D eigenvalue weighted by atomic mass is 10.1. The molecule has 18 heavy (non-hydrogen) atoms. The zero-order chi connectivity index (χ0) is 12.4. The van der Waals surface area contributed by atoms with Gasteiger partial charge in [-0.25, -0.2) is 0 Å². The number of nitrogens with one attached hydrogen (secondary N) is 1. The second-order valence-electron chi connectivity index (χ2n) is 4.53. The minimum Gasteiger partial charge on any atom is -0.506 e. The Hall–Kier alpha value is -1.65. The highest BCUT2D eigenvalue weighted by Crippen LogP contribution is 2.26. The minimum atomic E-state index is 0.0479. The standard InChI is InChI=1S/C14H16N2O2/c17-12-4-1-3-10-7-11(8-16-14(10)12)13-9-15-5-2-6-18-13/h1,3-4,7-8,13,15,17H,2,5-6,9H2. The number of rotatable bonds is 1. The summed E-state index contributed by atoms with van der Waals surface area (Å²) >= 11 is 0. The van der Waals surface area contributed by atoms with E-state index in [9.17, 15) is 5.11 Å². The molecule has 1 aromatic carbocycles. The molecule has 4 nitrogen and oxygen atoms in total. The first-order valence-electron chi connectivity index (χ1n) is 6.24. The highest BCUT2D eigenvalue weighted by Gasteiger charge is 2.15. The van der Waals surface area contributed by atoms with Gasteiger partial charge in [-0.15, -0.1) is 0 Å². The van der Waals surface area contributed by atoms with Crippen molar-refractivity contribution in [3.05, 3.63) is 36.0 Å². The Morgan fingerprint density at radius 2 is 2.33 bits per heavy atom. The Bertz CT molecular complexity index is 548. The van der Waals surface area contributed by atoms with Crippen molar-refractivity contribution in [2.75, 3.05) is 19.7 Å². The average molecular weight is 244 g/mol. The molecule has 0 amide bonds. The number of hydrogen-bond acceptors (Lipinski definition) is 4. The van der Waals surface area contributed by atoms with Crippen LogP contribution in [0, 0.1) is 0 Å². The van der Waals surface area contributed by atoms with Crippen LogP contribution in [0.3, 0.4) is 0 Å². The Morgan fingerprint density at radius 3 is 3.28 bits per heavy atom. The molecule has 1 aliphatic heterocycles. The molecular weight excluding hydrogens is 228 g/mol. The van der Waals surface area contributed by atoms with Crippen LogP contribution in [0.2, 0.25) is 0 Å². The van der Waals surface area contributed by atoms with E-state index in [1.807, 2.05) is 18.2 Å². The van der Waals surface area contributed by atoms with Crippen LogP contribution in [-0.4, -0.2) is 29.8 Å². The van der Waals surface area contributed by atoms with Crippen LogP contribution < -0.4 is 5.32 Å². The number of pyridine rings is 1. The van der Waals surface area contributed by atoms with Gasteiger partial charge in [0, 0.05) is 30.3 Å². The number of phenols is 1. The van der Waals surface area contributed by atoms with Gasteiger partial charge in [0.05, 0.1) is 6.10 Å². The van der Waals surface area contributed by atoms with Crippen molar-refractivity contribution < 1.29 is 9.84 Å². The van der Waals surface area contributed by atoms with Crippen molar-refractivity contribution in [2.24, 2.45) is 0 Å². The molecule has 3 rings (SSSR count). The molecule has 1 saturated heterocycles. The molecule has 2 N–H and O–H groups in total. The normalized spacial score (nSPS) is 20.8. The fourth-order valence-electron chi connectivity index (χ4n) is 2.27. The number of aromatic hydroxyl groups is 1. The number of aromatic nitrogens is 1. The molecule has 2 aromatic rings. The first-order valence-corrected chi connectivity index (χ1v) is 6.24. The van der Waals surface area contributed by atoms with Gasteiger partial charge in [-0.05, 0) is 25.1 Å². The van der Waals surface area contributed by atoms with E-state index in [2.05, 4.69) is 10.3 Å². The molecule has 0 radical (unpaired) electrons. The van der Waals surface area contributed by atoms with Crippen LogP contribution in [0.5, 0.6) is 5.75 Å². The maximum atomic E-state index is 9.71. The lowest BCUT2D eigenvalue weighted by Gasteiger charge is -2.15. The predicted octanol–water partition coefficient (Wildman–Crippen LogP) is 1.99. The molecule has 1 aromatic heterocycles. The van der Waals surface area contributed by atoms with Crippen molar-refractivity contribution in [1.82, 2.24) is 10.3 Å². The van der Waals surface area contributed by atoms with Crippen molar-refractivity contribution in [1.29, 1.82) is 0 Å². The SMILES string of the molecule is Oc1cccc2cc(C3CNCCCO3)cnc12. The summed E-state index contributed by atoms with van der Waals surface area (Å²) < 4.78 is 5.80. The Kier molecular flexibility index (Phi) is 3.13. The van der Waals surface area contributed by atoms with Crippen LogP contribution in [-0.2, 0) is 4.74 Å². The first-order chi connectivity index (χ1) is 8.84. The van der Waals surface area contributed by atoms with Crippen LogP contribution in [0.15, 0.2) is 30.5 Å². The van der Waals surface area contributed by atoms with Crippen molar-refractivity contribution >= 4 is 10.9 Å². The van der Waals surface area contributed by atoms with Gasteiger partial charge in [0.25, 0.3) is 0 Å². The third-order valence-corrected chi connectivity index (χ3v) is 3.23. The monoisotopic (exact) mass is 244 g/mol. The van der Waals surface area contributed by atoms with Gasteiger partial charge in [0.1, 0.15) is 11.3 Å². The van der Waals surface area contributed by atoms with E-state index in [4.69, 9.17) is 4.74 Å². The van der Waals surface area contributed by atoms with E-state index in [1.54, 1.807) is 12.3 Å². The van der Waals surface area contributed by atoms with E-state index >= 15 is 0 Å². The number of hydrogen-bond donors (Lipinski definition) is 2. The molecule has 1 aliphatic rings. The Labute approximate surface area is 106 Å². The van der Waals surface area contributed by atoms with Gasteiger partial charge in [-0.1, -0.05) is 12.1 Å². The largest absolute Gasteiger partial charge is 0.506 e. The third kappa shape index (κ3) is 2.17. The molecular formula is C14H16N2O2.